The Labute approximate surface area is 167 Å². The number of aliphatic imine (C=N–C) groups is 1. The summed E-state index contributed by atoms with van der Waals surface area (Å²) in [6, 6.07) is 7.37. The molecular weight excluding hydrogens is 416 g/mol. The van der Waals surface area contributed by atoms with Crippen molar-refractivity contribution in [2.75, 3.05) is 0 Å². The molecule has 0 amide bonds. The molecule has 28 heavy (non-hydrogen) atoms. The van der Waals surface area contributed by atoms with Crippen LogP contribution in [-0.2, 0) is 17.5 Å². The number of alkyl halides is 3. The van der Waals surface area contributed by atoms with Gasteiger partial charge in [-0.05, 0) is 36.8 Å². The van der Waals surface area contributed by atoms with Crippen LogP contribution in [0.1, 0.15) is 22.5 Å². The van der Waals surface area contributed by atoms with Crippen molar-refractivity contribution in [3.05, 3.63) is 69.1 Å². The average molecular weight is 427 g/mol. The molecule has 3 heterocycles. The lowest BCUT2D eigenvalue weighted by Crippen LogP contribution is -2.17. The Balaban J connectivity index is 1.91. The molecule has 0 radical (unpaired) electrons. The largest absolute Gasteiger partial charge is 0.471 e. The summed E-state index contributed by atoms with van der Waals surface area (Å²) in [7, 11) is 0. The number of ether oxygens (including phenoxy) is 1. The molecule has 0 atom stereocenters. The molecule has 1 aliphatic heterocycles. The molecule has 0 unspecified atom stereocenters. The zero-order valence-corrected chi connectivity index (χ0v) is 15.8. The summed E-state index contributed by atoms with van der Waals surface area (Å²) in [5.74, 6) is 0.0298. The van der Waals surface area contributed by atoms with E-state index in [0.29, 0.717) is 10.7 Å². The lowest BCUT2D eigenvalue weighted by molar-refractivity contribution is -0.141. The van der Waals surface area contributed by atoms with Gasteiger partial charge in [-0.3, -0.25) is 0 Å². The fraction of sp³-hybridized carbons (Fsp3) is 0.167. The van der Waals surface area contributed by atoms with Crippen molar-refractivity contribution >= 4 is 34.8 Å². The van der Waals surface area contributed by atoms with Crippen molar-refractivity contribution in [3.8, 4) is 5.82 Å². The van der Waals surface area contributed by atoms with Gasteiger partial charge in [0.2, 0.25) is 5.90 Å². The van der Waals surface area contributed by atoms with Gasteiger partial charge in [-0.25, -0.2) is 14.7 Å². The first kappa shape index (κ1) is 18.8. The molecule has 0 spiro atoms. The van der Waals surface area contributed by atoms with E-state index in [2.05, 4.69) is 15.1 Å². The molecular formula is C18H11Cl2F3N4O. The highest BCUT2D eigenvalue weighted by atomic mass is 35.5. The highest BCUT2D eigenvalue weighted by Gasteiger charge is 2.37. The van der Waals surface area contributed by atoms with E-state index in [1.807, 2.05) is 6.92 Å². The van der Waals surface area contributed by atoms with Crippen molar-refractivity contribution in [3.63, 3.8) is 0 Å². The standard InChI is InChI=1S/C18H11Cl2F3N4O/c1-9-5-11(19)6-10-8-28-17(25-15(9)10)13-7-14(18(21,22)23)26-27(13)16-12(20)3-2-4-24-16/h2-7H,8H2,1H3. The second kappa shape index (κ2) is 6.79. The third-order valence-electron chi connectivity index (χ3n) is 4.08. The number of nitrogens with zero attached hydrogens (tertiary/aromatic N) is 4. The van der Waals surface area contributed by atoms with Gasteiger partial charge in [0.25, 0.3) is 0 Å². The van der Waals surface area contributed by atoms with Gasteiger partial charge in [-0.1, -0.05) is 23.2 Å². The molecule has 4 rings (SSSR count). The number of halogens is 5. The Morgan fingerprint density at radius 1 is 1.18 bits per heavy atom. The Bertz CT molecular complexity index is 1110. The van der Waals surface area contributed by atoms with E-state index in [-0.39, 0.29) is 29.0 Å². The number of aryl methyl sites for hydroxylation is 1. The maximum Gasteiger partial charge on any atom is 0.435 e. The summed E-state index contributed by atoms with van der Waals surface area (Å²) in [5.41, 5.74) is 1.01. The Morgan fingerprint density at radius 3 is 2.68 bits per heavy atom. The minimum Gasteiger partial charge on any atom is -0.471 e. The zero-order chi connectivity index (χ0) is 20.1. The molecule has 2 aromatic heterocycles. The van der Waals surface area contributed by atoms with Crippen LogP contribution in [0.4, 0.5) is 18.9 Å². The highest BCUT2D eigenvalue weighted by Crippen LogP contribution is 2.35. The second-order valence-corrected chi connectivity index (χ2v) is 6.91. The molecule has 0 aliphatic carbocycles. The Kier molecular flexibility index (Phi) is 4.55. The van der Waals surface area contributed by atoms with E-state index in [9.17, 15) is 13.2 Å². The molecule has 0 bridgehead atoms. The van der Waals surface area contributed by atoms with Crippen LogP contribution >= 0.6 is 23.2 Å². The van der Waals surface area contributed by atoms with Crippen LogP contribution in [0.3, 0.4) is 0 Å². The van der Waals surface area contributed by atoms with Gasteiger partial charge in [0, 0.05) is 22.8 Å². The maximum absolute atomic E-state index is 13.3. The van der Waals surface area contributed by atoms with E-state index < -0.39 is 11.9 Å². The maximum atomic E-state index is 13.3. The summed E-state index contributed by atoms with van der Waals surface area (Å²) >= 11 is 12.2. The Morgan fingerprint density at radius 2 is 1.96 bits per heavy atom. The van der Waals surface area contributed by atoms with E-state index in [4.69, 9.17) is 27.9 Å². The number of hydrogen-bond acceptors (Lipinski definition) is 4. The van der Waals surface area contributed by atoms with Crippen LogP contribution in [-0.4, -0.2) is 20.7 Å². The summed E-state index contributed by atoms with van der Waals surface area (Å²) in [5, 5.41) is 4.31. The lowest BCUT2D eigenvalue weighted by Gasteiger charge is -2.19. The SMILES string of the molecule is Cc1cc(Cl)cc2c1N=C(c1cc(C(F)(F)F)nn1-c1ncccc1Cl)OC2. The lowest BCUT2D eigenvalue weighted by atomic mass is 10.1. The topological polar surface area (TPSA) is 52.3 Å². The van der Waals surface area contributed by atoms with Crippen molar-refractivity contribution in [1.29, 1.82) is 0 Å². The molecule has 5 nitrogen and oxygen atoms in total. The fourth-order valence-corrected chi connectivity index (χ4v) is 3.35. The van der Waals surface area contributed by atoms with E-state index in [1.165, 1.54) is 12.3 Å². The minimum atomic E-state index is -4.65. The van der Waals surface area contributed by atoms with Crippen molar-refractivity contribution in [2.24, 2.45) is 4.99 Å². The number of pyridine rings is 1. The van der Waals surface area contributed by atoms with E-state index >= 15 is 0 Å². The highest BCUT2D eigenvalue weighted by molar-refractivity contribution is 6.32. The molecule has 0 fully saturated rings. The quantitative estimate of drug-likeness (QED) is 0.542. The van der Waals surface area contributed by atoms with Gasteiger partial charge >= 0.3 is 6.18 Å². The monoisotopic (exact) mass is 426 g/mol. The summed E-state index contributed by atoms with van der Waals surface area (Å²) in [6.07, 6.45) is -3.25. The minimum absolute atomic E-state index is 0.00655. The van der Waals surface area contributed by atoms with E-state index in [0.717, 1.165) is 21.9 Å². The van der Waals surface area contributed by atoms with Crippen LogP contribution in [0, 0.1) is 6.92 Å². The smallest absolute Gasteiger partial charge is 0.435 e. The van der Waals surface area contributed by atoms with Gasteiger partial charge in [-0.2, -0.15) is 18.3 Å². The van der Waals surface area contributed by atoms with Crippen LogP contribution in [0.5, 0.6) is 0 Å². The summed E-state index contributed by atoms with van der Waals surface area (Å²) in [4.78, 5) is 8.45. The van der Waals surface area contributed by atoms with Gasteiger partial charge in [0.1, 0.15) is 12.3 Å². The number of aromatic nitrogens is 3. The number of rotatable bonds is 2. The van der Waals surface area contributed by atoms with Crippen LogP contribution in [0.15, 0.2) is 41.5 Å². The third kappa shape index (κ3) is 3.33. The fourth-order valence-electron chi connectivity index (χ4n) is 2.85. The Hall–Kier alpha value is -2.58. The molecule has 0 saturated carbocycles. The number of fused-ring (bicyclic) bond motifs is 1. The zero-order valence-electron chi connectivity index (χ0n) is 14.3. The first-order valence-electron chi connectivity index (χ1n) is 8.03. The van der Waals surface area contributed by atoms with Gasteiger partial charge in [0.15, 0.2) is 11.5 Å². The predicted octanol–water partition coefficient (Wildman–Crippen LogP) is 5.51. The van der Waals surface area contributed by atoms with Gasteiger partial charge in [-0.15, -0.1) is 0 Å². The third-order valence-corrected chi connectivity index (χ3v) is 4.59. The average Bonchev–Trinajstić information content (AvgIpc) is 3.07. The normalized spacial score (nSPS) is 13.7. The molecule has 0 N–H and O–H groups in total. The molecule has 1 aliphatic rings. The van der Waals surface area contributed by atoms with Gasteiger partial charge in [0.05, 0.1) is 10.7 Å². The van der Waals surface area contributed by atoms with Crippen LogP contribution in [0.2, 0.25) is 10.0 Å². The van der Waals surface area contributed by atoms with Crippen LogP contribution < -0.4 is 0 Å². The van der Waals surface area contributed by atoms with Gasteiger partial charge < -0.3 is 4.74 Å². The number of hydrogen-bond donors (Lipinski definition) is 0. The van der Waals surface area contributed by atoms with E-state index in [1.54, 1.807) is 18.2 Å². The molecule has 10 heteroatoms. The summed E-state index contributed by atoms with van der Waals surface area (Å²) < 4.78 is 46.5. The van der Waals surface area contributed by atoms with Crippen molar-refractivity contribution < 1.29 is 17.9 Å². The molecule has 144 valence electrons. The van der Waals surface area contributed by atoms with Crippen molar-refractivity contribution in [1.82, 2.24) is 14.8 Å². The predicted molar refractivity (Wildman–Crippen MR) is 98.5 cm³/mol. The van der Waals surface area contributed by atoms with Crippen molar-refractivity contribution in [2.45, 2.75) is 19.7 Å². The number of benzene rings is 1. The first-order valence-corrected chi connectivity index (χ1v) is 8.78. The molecule has 1 aromatic carbocycles. The first-order chi connectivity index (χ1) is 13.2. The second-order valence-electron chi connectivity index (χ2n) is 6.07. The molecule has 0 saturated heterocycles. The van der Waals surface area contributed by atoms with Crippen LogP contribution in [0.25, 0.3) is 5.82 Å². The molecule has 3 aromatic rings. The summed E-state index contributed by atoms with van der Waals surface area (Å²) in [6.45, 7) is 1.92.